The third-order valence-corrected chi connectivity index (χ3v) is 9.71. The van der Waals surface area contributed by atoms with Crippen molar-refractivity contribution >= 4 is 43.6 Å². The standard InChI is InChI=1S/C47H29N3O/c1-3-13-30(14-4-1)42-29-43(50-47(49-42)31-15-5-2-6-16-31)35-26-33(37-23-24-48-45-40-21-11-12-22-44(40)51-46(37)45)25-34(27-35)41-28-32-17-7-8-18-36(32)38-19-9-10-20-39(38)41/h1-29H. The molecular weight excluding hydrogens is 623 g/mol. The Morgan fingerprint density at radius 2 is 0.980 bits per heavy atom. The van der Waals surface area contributed by atoms with E-state index >= 15 is 0 Å². The molecule has 0 N–H and O–H groups in total. The molecule has 0 radical (unpaired) electrons. The molecule has 10 aromatic rings. The predicted octanol–water partition coefficient (Wildman–Crippen LogP) is 12.4. The number of pyridine rings is 1. The highest BCUT2D eigenvalue weighted by Crippen LogP contribution is 2.41. The number of nitrogens with zero attached hydrogens (tertiary/aromatic N) is 3. The van der Waals surface area contributed by atoms with Crippen LogP contribution in [-0.2, 0) is 0 Å². The third-order valence-electron chi connectivity index (χ3n) is 9.71. The Labute approximate surface area is 294 Å². The van der Waals surface area contributed by atoms with E-state index in [0.717, 1.165) is 72.4 Å². The molecule has 0 spiro atoms. The van der Waals surface area contributed by atoms with Crippen molar-refractivity contribution in [3.63, 3.8) is 0 Å². The van der Waals surface area contributed by atoms with Crippen LogP contribution in [0.2, 0.25) is 0 Å². The van der Waals surface area contributed by atoms with Crippen molar-refractivity contribution < 1.29 is 4.42 Å². The van der Waals surface area contributed by atoms with Crippen molar-refractivity contribution in [3.05, 3.63) is 176 Å². The minimum absolute atomic E-state index is 0.679. The molecule has 0 fully saturated rings. The van der Waals surface area contributed by atoms with Crippen LogP contribution < -0.4 is 0 Å². The third kappa shape index (κ3) is 5.04. The summed E-state index contributed by atoms with van der Waals surface area (Å²) in [5.41, 5.74) is 11.4. The van der Waals surface area contributed by atoms with E-state index in [4.69, 9.17) is 19.4 Å². The summed E-state index contributed by atoms with van der Waals surface area (Å²) in [5, 5.41) is 5.85. The van der Waals surface area contributed by atoms with Gasteiger partial charge < -0.3 is 4.42 Å². The summed E-state index contributed by atoms with van der Waals surface area (Å²) in [5.74, 6) is 0.679. The van der Waals surface area contributed by atoms with Crippen LogP contribution in [0.25, 0.3) is 99.8 Å². The van der Waals surface area contributed by atoms with Crippen molar-refractivity contribution in [2.24, 2.45) is 0 Å². The molecule has 4 nitrogen and oxygen atoms in total. The number of furan rings is 1. The number of hydrogen-bond acceptors (Lipinski definition) is 4. The van der Waals surface area contributed by atoms with Gasteiger partial charge in [0.05, 0.1) is 11.4 Å². The van der Waals surface area contributed by atoms with E-state index in [0.29, 0.717) is 5.82 Å². The average molecular weight is 652 g/mol. The van der Waals surface area contributed by atoms with E-state index in [1.54, 1.807) is 0 Å². The lowest BCUT2D eigenvalue weighted by molar-refractivity contribution is 0.669. The van der Waals surface area contributed by atoms with Crippen LogP contribution in [-0.4, -0.2) is 15.0 Å². The molecule has 3 aromatic heterocycles. The maximum atomic E-state index is 6.52. The highest BCUT2D eigenvalue weighted by atomic mass is 16.3. The molecule has 0 aliphatic carbocycles. The number of rotatable bonds is 5. The highest BCUT2D eigenvalue weighted by molar-refractivity contribution is 6.14. The van der Waals surface area contributed by atoms with E-state index in [1.807, 2.05) is 60.8 Å². The first-order valence-corrected chi connectivity index (χ1v) is 17.1. The van der Waals surface area contributed by atoms with E-state index in [2.05, 4.69) is 115 Å². The number of hydrogen-bond donors (Lipinski definition) is 0. The lowest BCUT2D eigenvalue weighted by Crippen LogP contribution is -1.96. The molecular formula is C47H29N3O. The molecule has 0 saturated heterocycles. The van der Waals surface area contributed by atoms with Crippen LogP contribution in [0.4, 0.5) is 0 Å². The van der Waals surface area contributed by atoms with Crippen LogP contribution in [0, 0.1) is 0 Å². The van der Waals surface area contributed by atoms with E-state index in [1.165, 1.54) is 21.5 Å². The molecule has 4 heteroatoms. The maximum absolute atomic E-state index is 6.52. The summed E-state index contributed by atoms with van der Waals surface area (Å²) in [6, 6.07) is 59.1. The van der Waals surface area contributed by atoms with E-state index in [-0.39, 0.29) is 0 Å². The van der Waals surface area contributed by atoms with Gasteiger partial charge in [-0.25, -0.2) is 9.97 Å². The average Bonchev–Trinajstić information content (AvgIpc) is 3.60. The Morgan fingerprint density at radius 1 is 0.392 bits per heavy atom. The minimum Gasteiger partial charge on any atom is -0.454 e. The summed E-state index contributed by atoms with van der Waals surface area (Å²) >= 11 is 0. The fraction of sp³-hybridized carbons (Fsp3) is 0. The molecule has 7 aromatic carbocycles. The van der Waals surface area contributed by atoms with Gasteiger partial charge in [0, 0.05) is 33.8 Å². The fourth-order valence-corrected chi connectivity index (χ4v) is 7.28. The quantitative estimate of drug-likeness (QED) is 0.174. The molecule has 0 aliphatic heterocycles. The zero-order valence-electron chi connectivity index (χ0n) is 27.5. The topological polar surface area (TPSA) is 51.8 Å². The number of benzene rings is 7. The van der Waals surface area contributed by atoms with Gasteiger partial charge >= 0.3 is 0 Å². The molecule has 51 heavy (non-hydrogen) atoms. The second kappa shape index (κ2) is 11.9. The molecule has 0 atom stereocenters. The summed E-state index contributed by atoms with van der Waals surface area (Å²) in [6.45, 7) is 0. The largest absolute Gasteiger partial charge is 0.454 e. The lowest BCUT2D eigenvalue weighted by Gasteiger charge is -2.15. The Bertz CT molecular complexity index is 2860. The van der Waals surface area contributed by atoms with Gasteiger partial charge in [0.2, 0.25) is 0 Å². The van der Waals surface area contributed by atoms with Gasteiger partial charge in [0.15, 0.2) is 11.4 Å². The monoisotopic (exact) mass is 651 g/mol. The number of para-hydroxylation sites is 1. The molecule has 3 heterocycles. The molecule has 0 amide bonds. The first kappa shape index (κ1) is 29.0. The van der Waals surface area contributed by atoms with Crippen LogP contribution in [0.5, 0.6) is 0 Å². The summed E-state index contributed by atoms with van der Waals surface area (Å²) in [7, 11) is 0. The van der Waals surface area contributed by atoms with Gasteiger partial charge in [-0.15, -0.1) is 0 Å². The minimum atomic E-state index is 0.679. The van der Waals surface area contributed by atoms with Crippen molar-refractivity contribution in [2.45, 2.75) is 0 Å². The highest BCUT2D eigenvalue weighted by Gasteiger charge is 2.18. The van der Waals surface area contributed by atoms with Crippen LogP contribution in [0.3, 0.4) is 0 Å². The second-order valence-electron chi connectivity index (χ2n) is 12.8. The van der Waals surface area contributed by atoms with Crippen LogP contribution in [0.1, 0.15) is 0 Å². The van der Waals surface area contributed by atoms with Crippen molar-refractivity contribution in [1.29, 1.82) is 0 Å². The molecule has 0 aliphatic rings. The SMILES string of the molecule is c1ccc(-c2cc(-c3cc(-c4cc5ccccc5c5ccccc45)cc(-c4ccnc5c4oc4ccccc45)c3)nc(-c3ccccc3)n2)cc1. The fourth-order valence-electron chi connectivity index (χ4n) is 7.28. The second-order valence-corrected chi connectivity index (χ2v) is 12.8. The van der Waals surface area contributed by atoms with E-state index in [9.17, 15) is 0 Å². The number of fused-ring (bicyclic) bond motifs is 6. The Morgan fingerprint density at radius 3 is 1.76 bits per heavy atom. The van der Waals surface area contributed by atoms with Gasteiger partial charge in [0.25, 0.3) is 0 Å². The predicted molar refractivity (Wildman–Crippen MR) is 209 cm³/mol. The van der Waals surface area contributed by atoms with Gasteiger partial charge in [-0.3, -0.25) is 4.98 Å². The molecule has 0 saturated carbocycles. The maximum Gasteiger partial charge on any atom is 0.161 e. The molecule has 10 rings (SSSR count). The summed E-state index contributed by atoms with van der Waals surface area (Å²) in [6.07, 6.45) is 1.88. The Kier molecular flexibility index (Phi) is 6.78. The first-order chi connectivity index (χ1) is 25.3. The summed E-state index contributed by atoms with van der Waals surface area (Å²) in [4.78, 5) is 15.1. The molecule has 0 bridgehead atoms. The van der Waals surface area contributed by atoms with E-state index < -0.39 is 0 Å². The van der Waals surface area contributed by atoms with Gasteiger partial charge in [-0.05, 0) is 86.8 Å². The van der Waals surface area contributed by atoms with Gasteiger partial charge in [-0.1, -0.05) is 121 Å². The Hall–Kier alpha value is -6.91. The molecule has 238 valence electrons. The zero-order chi connectivity index (χ0) is 33.7. The van der Waals surface area contributed by atoms with Gasteiger partial charge in [0.1, 0.15) is 11.1 Å². The lowest BCUT2D eigenvalue weighted by atomic mass is 9.90. The molecule has 0 unspecified atom stereocenters. The van der Waals surface area contributed by atoms with Crippen molar-refractivity contribution in [2.75, 3.05) is 0 Å². The Balaban J connectivity index is 1.28. The smallest absolute Gasteiger partial charge is 0.161 e. The number of aromatic nitrogens is 3. The van der Waals surface area contributed by atoms with Crippen LogP contribution >= 0.6 is 0 Å². The van der Waals surface area contributed by atoms with Crippen LogP contribution in [0.15, 0.2) is 180 Å². The summed E-state index contributed by atoms with van der Waals surface area (Å²) < 4.78 is 6.52. The van der Waals surface area contributed by atoms with Crippen molar-refractivity contribution in [3.8, 4) is 56.2 Å². The van der Waals surface area contributed by atoms with Gasteiger partial charge in [-0.2, -0.15) is 0 Å². The zero-order valence-corrected chi connectivity index (χ0v) is 27.5. The normalized spacial score (nSPS) is 11.5. The van der Waals surface area contributed by atoms with Crippen molar-refractivity contribution in [1.82, 2.24) is 15.0 Å². The first-order valence-electron chi connectivity index (χ1n) is 17.1.